The summed E-state index contributed by atoms with van der Waals surface area (Å²) in [5, 5.41) is 8.56. The predicted molar refractivity (Wildman–Crippen MR) is 98.5 cm³/mol. The lowest BCUT2D eigenvalue weighted by atomic mass is 10.2. The molecule has 0 saturated carbocycles. The van der Waals surface area contributed by atoms with Crippen LogP contribution in [0.15, 0.2) is 30.5 Å². The molecular formula is C17H11Cl3FN3O3. The van der Waals surface area contributed by atoms with E-state index in [1.54, 1.807) is 0 Å². The average Bonchev–Trinajstić information content (AvgIpc) is 2.66. The minimum Gasteiger partial charge on any atom is -0.451 e. The number of rotatable bonds is 6. The Bertz CT molecular complexity index is 901. The molecule has 0 aliphatic heterocycles. The second-order valence-corrected chi connectivity index (χ2v) is 6.25. The molecule has 0 aliphatic rings. The van der Waals surface area contributed by atoms with Gasteiger partial charge < -0.3 is 9.64 Å². The van der Waals surface area contributed by atoms with Crippen LogP contribution in [0.2, 0.25) is 15.1 Å². The van der Waals surface area contributed by atoms with Crippen LogP contribution < -0.4 is 4.90 Å². The summed E-state index contributed by atoms with van der Waals surface area (Å²) in [5.74, 6) is -2.05. The average molecular weight is 431 g/mol. The molecule has 0 bridgehead atoms. The van der Waals surface area contributed by atoms with Gasteiger partial charge in [-0.25, -0.2) is 14.2 Å². The molecule has 0 aliphatic carbocycles. The third kappa shape index (κ3) is 5.30. The van der Waals surface area contributed by atoms with Gasteiger partial charge in [-0.15, -0.1) is 0 Å². The highest BCUT2D eigenvalue weighted by Gasteiger charge is 2.22. The number of carbonyl (C=O) groups excluding carboxylic acids is 2. The molecule has 2 aromatic rings. The van der Waals surface area contributed by atoms with Gasteiger partial charge in [0.05, 0.1) is 27.6 Å². The summed E-state index contributed by atoms with van der Waals surface area (Å²) >= 11 is 17.5. The van der Waals surface area contributed by atoms with Crippen LogP contribution in [0, 0.1) is 17.1 Å². The molecule has 0 unspecified atom stereocenters. The number of anilines is 1. The Hall–Kier alpha value is -2.40. The Balaban J connectivity index is 2.11. The smallest absolute Gasteiger partial charge is 0.359 e. The minimum absolute atomic E-state index is 0.0389. The van der Waals surface area contributed by atoms with E-state index < -0.39 is 24.3 Å². The van der Waals surface area contributed by atoms with Crippen molar-refractivity contribution in [2.75, 3.05) is 18.1 Å². The van der Waals surface area contributed by atoms with Crippen LogP contribution in [0.5, 0.6) is 0 Å². The number of amides is 1. The molecule has 0 fully saturated rings. The van der Waals surface area contributed by atoms with E-state index in [9.17, 15) is 14.0 Å². The summed E-state index contributed by atoms with van der Waals surface area (Å²) in [6.07, 6.45) is 1.17. The van der Waals surface area contributed by atoms with Crippen molar-refractivity contribution >= 4 is 52.4 Å². The van der Waals surface area contributed by atoms with Gasteiger partial charge in [0.2, 0.25) is 0 Å². The minimum atomic E-state index is -0.966. The predicted octanol–water partition coefficient (Wildman–Crippen LogP) is 4.28. The van der Waals surface area contributed by atoms with Crippen molar-refractivity contribution < 1.29 is 18.7 Å². The van der Waals surface area contributed by atoms with Crippen molar-refractivity contribution in [3.8, 4) is 6.07 Å². The largest absolute Gasteiger partial charge is 0.451 e. The highest BCUT2D eigenvalue weighted by atomic mass is 35.5. The van der Waals surface area contributed by atoms with Crippen molar-refractivity contribution in [2.45, 2.75) is 6.42 Å². The zero-order valence-corrected chi connectivity index (χ0v) is 15.9. The van der Waals surface area contributed by atoms with E-state index in [2.05, 4.69) is 4.98 Å². The van der Waals surface area contributed by atoms with Crippen molar-refractivity contribution in [3.63, 3.8) is 0 Å². The molecule has 140 valence electrons. The topological polar surface area (TPSA) is 83.3 Å². The Morgan fingerprint density at radius 1 is 1.19 bits per heavy atom. The normalized spacial score (nSPS) is 10.2. The Morgan fingerprint density at radius 3 is 2.48 bits per heavy atom. The number of benzene rings is 1. The zero-order valence-electron chi connectivity index (χ0n) is 13.6. The van der Waals surface area contributed by atoms with Crippen molar-refractivity contribution in [3.05, 3.63) is 57.0 Å². The van der Waals surface area contributed by atoms with Crippen LogP contribution in [-0.4, -0.2) is 30.0 Å². The fourth-order valence-electron chi connectivity index (χ4n) is 2.04. The SMILES string of the molecule is N#CCCN(C(=O)COC(=O)c1ncc(Cl)c(Cl)c1Cl)c1ccc(F)cc1. The summed E-state index contributed by atoms with van der Waals surface area (Å²) in [7, 11) is 0. The van der Waals surface area contributed by atoms with Gasteiger partial charge in [-0.2, -0.15) is 5.26 Å². The Labute approximate surface area is 169 Å². The fraction of sp³-hybridized carbons (Fsp3) is 0.176. The van der Waals surface area contributed by atoms with Crippen molar-refractivity contribution in [1.29, 1.82) is 5.26 Å². The molecule has 1 aromatic carbocycles. The van der Waals surface area contributed by atoms with Crippen LogP contribution in [0.4, 0.5) is 10.1 Å². The van der Waals surface area contributed by atoms with E-state index in [-0.39, 0.29) is 33.7 Å². The first kappa shape index (κ1) is 20.9. The van der Waals surface area contributed by atoms with Crippen LogP contribution in [0.1, 0.15) is 16.9 Å². The number of esters is 1. The second kappa shape index (κ2) is 9.51. The van der Waals surface area contributed by atoms with E-state index in [1.807, 2.05) is 6.07 Å². The summed E-state index contributed by atoms with van der Waals surface area (Å²) in [6.45, 7) is -0.593. The third-order valence-corrected chi connectivity index (χ3v) is 4.56. The standard InChI is InChI=1S/C17H11Cl3FN3O3/c18-12-8-23-16(15(20)14(12)19)17(26)27-9-13(25)24(7-1-6-22)11-4-2-10(21)3-5-11/h2-5,8H,1,7,9H2. The van der Waals surface area contributed by atoms with Crippen LogP contribution in [0.25, 0.3) is 0 Å². The molecule has 0 spiro atoms. The first-order valence-electron chi connectivity index (χ1n) is 7.44. The number of hydrogen-bond acceptors (Lipinski definition) is 5. The summed E-state index contributed by atoms with van der Waals surface area (Å²) < 4.78 is 18.0. The quantitative estimate of drug-likeness (QED) is 0.639. The molecule has 0 atom stereocenters. The molecule has 0 N–H and O–H groups in total. The van der Waals surface area contributed by atoms with Gasteiger partial charge >= 0.3 is 5.97 Å². The number of nitrogens with zero attached hydrogens (tertiary/aromatic N) is 3. The third-order valence-electron chi connectivity index (χ3n) is 3.32. The maximum absolute atomic E-state index is 13.1. The van der Waals surface area contributed by atoms with Gasteiger partial charge in [-0.05, 0) is 24.3 Å². The lowest BCUT2D eigenvalue weighted by Gasteiger charge is -2.21. The summed E-state index contributed by atoms with van der Waals surface area (Å²) in [6, 6.07) is 7.02. The zero-order chi connectivity index (χ0) is 20.0. The number of pyridine rings is 1. The number of nitriles is 1. The van der Waals surface area contributed by atoms with E-state index in [1.165, 1.54) is 29.2 Å². The molecule has 1 amide bonds. The highest BCUT2D eigenvalue weighted by Crippen LogP contribution is 2.31. The van der Waals surface area contributed by atoms with Crippen LogP contribution >= 0.6 is 34.8 Å². The van der Waals surface area contributed by atoms with Crippen LogP contribution in [0.3, 0.4) is 0 Å². The first-order valence-corrected chi connectivity index (χ1v) is 8.58. The van der Waals surface area contributed by atoms with Gasteiger partial charge in [0.15, 0.2) is 12.3 Å². The Kier molecular flexibility index (Phi) is 7.36. The molecule has 0 saturated heterocycles. The van der Waals surface area contributed by atoms with Crippen LogP contribution in [-0.2, 0) is 9.53 Å². The fourth-order valence-corrected chi connectivity index (χ4v) is 2.60. The lowest BCUT2D eigenvalue weighted by molar-refractivity contribution is -0.121. The number of aromatic nitrogens is 1. The monoisotopic (exact) mass is 429 g/mol. The maximum Gasteiger partial charge on any atom is 0.359 e. The van der Waals surface area contributed by atoms with Crippen molar-refractivity contribution in [2.24, 2.45) is 0 Å². The molecule has 10 heteroatoms. The van der Waals surface area contributed by atoms with E-state index in [4.69, 9.17) is 44.8 Å². The maximum atomic E-state index is 13.1. The molecule has 2 rings (SSSR count). The van der Waals surface area contributed by atoms with Gasteiger partial charge in [-0.3, -0.25) is 4.79 Å². The molecule has 6 nitrogen and oxygen atoms in total. The number of hydrogen-bond donors (Lipinski definition) is 0. The van der Waals surface area contributed by atoms with Gasteiger partial charge in [0.25, 0.3) is 5.91 Å². The lowest BCUT2D eigenvalue weighted by Crippen LogP contribution is -2.35. The summed E-state index contributed by atoms with van der Waals surface area (Å²) in [4.78, 5) is 29.5. The van der Waals surface area contributed by atoms with E-state index in [0.29, 0.717) is 5.69 Å². The number of halogens is 4. The van der Waals surface area contributed by atoms with Gasteiger partial charge in [-0.1, -0.05) is 34.8 Å². The van der Waals surface area contributed by atoms with E-state index >= 15 is 0 Å². The molecule has 0 radical (unpaired) electrons. The first-order chi connectivity index (χ1) is 12.8. The summed E-state index contributed by atoms with van der Waals surface area (Å²) in [5.41, 5.74) is 0.0719. The number of carbonyl (C=O) groups is 2. The number of ether oxygens (including phenoxy) is 1. The molecule has 27 heavy (non-hydrogen) atoms. The van der Waals surface area contributed by atoms with Gasteiger partial charge in [0.1, 0.15) is 5.82 Å². The van der Waals surface area contributed by atoms with Crippen molar-refractivity contribution in [1.82, 2.24) is 4.98 Å². The molecule has 1 heterocycles. The second-order valence-electron chi connectivity index (χ2n) is 5.09. The van der Waals surface area contributed by atoms with E-state index in [0.717, 1.165) is 6.20 Å². The highest BCUT2D eigenvalue weighted by molar-refractivity contribution is 6.48. The molecular weight excluding hydrogens is 420 g/mol. The molecule has 1 aromatic heterocycles. The Morgan fingerprint density at radius 2 is 1.85 bits per heavy atom. The van der Waals surface area contributed by atoms with Gasteiger partial charge in [0, 0.05) is 18.4 Å².